The van der Waals surface area contributed by atoms with Gasteiger partial charge in [0.05, 0.1) is 23.1 Å². The van der Waals surface area contributed by atoms with E-state index < -0.39 is 5.97 Å². The molecule has 2 aromatic carbocycles. The van der Waals surface area contributed by atoms with Gasteiger partial charge >= 0.3 is 5.97 Å². The molecule has 0 aliphatic rings. The SMILES string of the molecule is Cc1ccc(OC(C)C)c(-c2ccc(C(=O)O)c(COc3ccc(C)c(C)c3)n2)c1. The summed E-state index contributed by atoms with van der Waals surface area (Å²) < 4.78 is 11.8. The van der Waals surface area contributed by atoms with E-state index in [4.69, 9.17) is 9.47 Å². The summed E-state index contributed by atoms with van der Waals surface area (Å²) in [5.41, 5.74) is 5.33. The van der Waals surface area contributed by atoms with Crippen LogP contribution in [0.4, 0.5) is 0 Å². The first-order valence-corrected chi connectivity index (χ1v) is 9.95. The summed E-state index contributed by atoms with van der Waals surface area (Å²) in [4.78, 5) is 16.4. The number of carboxylic acid groups (broad SMARTS) is 1. The first-order chi connectivity index (χ1) is 14.2. The topological polar surface area (TPSA) is 68.7 Å². The molecule has 30 heavy (non-hydrogen) atoms. The predicted octanol–water partition coefficient (Wildman–Crippen LogP) is 5.74. The van der Waals surface area contributed by atoms with E-state index in [0.717, 1.165) is 16.7 Å². The number of aryl methyl sites for hydroxylation is 3. The molecular weight excluding hydrogens is 378 g/mol. The minimum Gasteiger partial charge on any atom is -0.490 e. The highest BCUT2D eigenvalue weighted by molar-refractivity contribution is 5.89. The number of pyridine rings is 1. The van der Waals surface area contributed by atoms with E-state index in [9.17, 15) is 9.90 Å². The molecule has 0 saturated carbocycles. The van der Waals surface area contributed by atoms with Gasteiger partial charge in [-0.05, 0) is 82.1 Å². The van der Waals surface area contributed by atoms with Crippen LogP contribution in [0.5, 0.6) is 11.5 Å². The smallest absolute Gasteiger partial charge is 0.337 e. The number of hydrogen-bond donors (Lipinski definition) is 1. The Morgan fingerprint density at radius 3 is 2.43 bits per heavy atom. The van der Waals surface area contributed by atoms with Gasteiger partial charge in [0.25, 0.3) is 0 Å². The molecule has 0 bridgehead atoms. The fourth-order valence-electron chi connectivity index (χ4n) is 3.11. The van der Waals surface area contributed by atoms with Crippen molar-refractivity contribution in [1.29, 1.82) is 0 Å². The third-order valence-electron chi connectivity index (χ3n) is 4.83. The van der Waals surface area contributed by atoms with Crippen molar-refractivity contribution in [2.75, 3.05) is 0 Å². The number of aromatic carboxylic acids is 1. The Labute approximate surface area is 177 Å². The van der Waals surface area contributed by atoms with Crippen molar-refractivity contribution in [2.24, 2.45) is 0 Å². The Kier molecular flexibility index (Phi) is 6.40. The van der Waals surface area contributed by atoms with Gasteiger partial charge in [-0.1, -0.05) is 17.7 Å². The predicted molar refractivity (Wildman–Crippen MR) is 117 cm³/mol. The molecule has 0 radical (unpaired) electrons. The minimum absolute atomic E-state index is 0.0114. The van der Waals surface area contributed by atoms with Gasteiger partial charge in [0.2, 0.25) is 0 Å². The van der Waals surface area contributed by atoms with Crippen LogP contribution in [-0.4, -0.2) is 22.2 Å². The highest BCUT2D eigenvalue weighted by Crippen LogP contribution is 2.31. The monoisotopic (exact) mass is 405 g/mol. The second kappa shape index (κ2) is 8.99. The van der Waals surface area contributed by atoms with Crippen LogP contribution in [0, 0.1) is 20.8 Å². The summed E-state index contributed by atoms with van der Waals surface area (Å²) in [6, 6.07) is 15.0. The fraction of sp³-hybridized carbons (Fsp3) is 0.280. The zero-order valence-corrected chi connectivity index (χ0v) is 18.0. The number of benzene rings is 2. The largest absolute Gasteiger partial charge is 0.490 e. The molecular formula is C25H27NO4. The van der Waals surface area contributed by atoms with Crippen molar-refractivity contribution >= 4 is 5.97 Å². The number of carboxylic acids is 1. The molecule has 0 fully saturated rings. The third kappa shape index (κ3) is 4.98. The molecule has 156 valence electrons. The number of nitrogens with zero attached hydrogens (tertiary/aromatic N) is 1. The molecule has 0 aliphatic carbocycles. The zero-order chi connectivity index (χ0) is 21.8. The van der Waals surface area contributed by atoms with Crippen LogP contribution in [0.2, 0.25) is 0 Å². The Balaban J connectivity index is 1.98. The summed E-state index contributed by atoms with van der Waals surface area (Å²) in [5, 5.41) is 9.60. The van der Waals surface area contributed by atoms with Crippen molar-refractivity contribution in [3.63, 3.8) is 0 Å². The maximum Gasteiger partial charge on any atom is 0.337 e. The van der Waals surface area contributed by atoms with E-state index in [-0.39, 0.29) is 18.3 Å². The molecule has 0 unspecified atom stereocenters. The summed E-state index contributed by atoms with van der Waals surface area (Å²) in [6.45, 7) is 10.0. The second-order valence-corrected chi connectivity index (χ2v) is 7.70. The Bertz CT molecular complexity index is 1070. The normalized spacial score (nSPS) is 10.9. The fourth-order valence-corrected chi connectivity index (χ4v) is 3.11. The van der Waals surface area contributed by atoms with Gasteiger partial charge in [-0.25, -0.2) is 9.78 Å². The summed E-state index contributed by atoms with van der Waals surface area (Å²) in [5.74, 6) is 0.365. The molecule has 3 rings (SSSR count). The molecule has 1 N–H and O–H groups in total. The van der Waals surface area contributed by atoms with E-state index in [2.05, 4.69) is 4.98 Å². The van der Waals surface area contributed by atoms with Crippen molar-refractivity contribution in [1.82, 2.24) is 4.98 Å². The van der Waals surface area contributed by atoms with Gasteiger partial charge in [-0.15, -0.1) is 0 Å². The van der Waals surface area contributed by atoms with Crippen LogP contribution in [0.3, 0.4) is 0 Å². The molecule has 1 aromatic heterocycles. The Morgan fingerprint density at radius 1 is 1.00 bits per heavy atom. The van der Waals surface area contributed by atoms with E-state index in [0.29, 0.717) is 22.9 Å². The molecule has 3 aromatic rings. The van der Waals surface area contributed by atoms with Gasteiger partial charge < -0.3 is 14.6 Å². The number of ether oxygens (including phenoxy) is 2. The van der Waals surface area contributed by atoms with Gasteiger partial charge in [-0.2, -0.15) is 0 Å². The van der Waals surface area contributed by atoms with E-state index >= 15 is 0 Å². The standard InChI is InChI=1S/C25H27NO4/c1-15(2)30-24-11-6-16(3)12-21(24)22-10-9-20(25(27)28)23(26-22)14-29-19-8-7-17(4)18(5)13-19/h6-13,15H,14H2,1-5H3,(H,27,28). The maximum absolute atomic E-state index is 11.7. The minimum atomic E-state index is -1.03. The van der Waals surface area contributed by atoms with Crippen LogP contribution < -0.4 is 9.47 Å². The molecule has 0 amide bonds. The van der Waals surface area contributed by atoms with Crippen molar-refractivity contribution in [3.8, 4) is 22.8 Å². The van der Waals surface area contributed by atoms with Crippen molar-refractivity contribution in [2.45, 2.75) is 47.3 Å². The first-order valence-electron chi connectivity index (χ1n) is 9.95. The van der Waals surface area contributed by atoms with Crippen LogP contribution in [0.25, 0.3) is 11.3 Å². The number of carbonyl (C=O) groups is 1. The zero-order valence-electron chi connectivity index (χ0n) is 18.0. The van der Waals surface area contributed by atoms with Gasteiger partial charge in [0.15, 0.2) is 0 Å². The highest BCUT2D eigenvalue weighted by atomic mass is 16.5. The van der Waals surface area contributed by atoms with Crippen LogP contribution in [-0.2, 0) is 6.61 Å². The molecule has 1 heterocycles. The van der Waals surface area contributed by atoms with Gasteiger partial charge in [-0.3, -0.25) is 0 Å². The van der Waals surface area contributed by atoms with Crippen LogP contribution >= 0.6 is 0 Å². The summed E-state index contributed by atoms with van der Waals surface area (Å²) in [6.07, 6.45) is 0.0114. The molecule has 0 aliphatic heterocycles. The third-order valence-corrected chi connectivity index (χ3v) is 4.83. The van der Waals surface area contributed by atoms with Gasteiger partial charge in [0.1, 0.15) is 18.1 Å². The summed E-state index contributed by atoms with van der Waals surface area (Å²) in [7, 11) is 0. The molecule has 0 spiro atoms. The van der Waals surface area contributed by atoms with Gasteiger partial charge in [0, 0.05) is 5.56 Å². The van der Waals surface area contributed by atoms with Crippen LogP contribution in [0.1, 0.15) is 46.6 Å². The second-order valence-electron chi connectivity index (χ2n) is 7.70. The van der Waals surface area contributed by atoms with E-state index in [1.54, 1.807) is 12.1 Å². The quantitative estimate of drug-likeness (QED) is 0.543. The first kappa shape index (κ1) is 21.4. The highest BCUT2D eigenvalue weighted by Gasteiger charge is 2.17. The average Bonchev–Trinajstić information content (AvgIpc) is 2.69. The lowest BCUT2D eigenvalue weighted by Gasteiger charge is -2.16. The Morgan fingerprint density at radius 2 is 1.77 bits per heavy atom. The Hall–Kier alpha value is -3.34. The van der Waals surface area contributed by atoms with E-state index in [1.807, 2.05) is 71.0 Å². The molecule has 0 atom stereocenters. The molecule has 5 heteroatoms. The lowest BCUT2D eigenvalue weighted by Crippen LogP contribution is -2.10. The molecule has 0 saturated heterocycles. The lowest BCUT2D eigenvalue weighted by molar-refractivity contribution is 0.0693. The average molecular weight is 405 g/mol. The lowest BCUT2D eigenvalue weighted by atomic mass is 10.0. The maximum atomic E-state index is 11.7. The number of aromatic nitrogens is 1. The van der Waals surface area contributed by atoms with Crippen LogP contribution in [0.15, 0.2) is 48.5 Å². The number of rotatable bonds is 7. The molecule has 5 nitrogen and oxygen atoms in total. The van der Waals surface area contributed by atoms with Crippen molar-refractivity contribution in [3.05, 3.63) is 76.5 Å². The number of hydrogen-bond acceptors (Lipinski definition) is 4. The van der Waals surface area contributed by atoms with Crippen molar-refractivity contribution < 1.29 is 19.4 Å². The van der Waals surface area contributed by atoms with E-state index in [1.165, 1.54) is 5.56 Å². The summed E-state index contributed by atoms with van der Waals surface area (Å²) >= 11 is 0.